The number of rotatable bonds is 2. The highest BCUT2D eigenvalue weighted by Crippen LogP contribution is 2.38. The molecule has 0 saturated heterocycles. The molecule has 24 heavy (non-hydrogen) atoms. The van der Waals surface area contributed by atoms with Gasteiger partial charge in [0.2, 0.25) is 0 Å². The Kier molecular flexibility index (Phi) is 4.40. The van der Waals surface area contributed by atoms with Crippen molar-refractivity contribution in [1.82, 2.24) is 0 Å². The lowest BCUT2D eigenvalue weighted by atomic mass is 9.94. The molecule has 0 bridgehead atoms. The predicted molar refractivity (Wildman–Crippen MR) is 95.5 cm³/mol. The standard InChI is InChI=1S/C18H16FN3OS/c1-10-2-4-13(15(19)8-10)12-6-7-24-16-5-3-11(9-14(12)16)17(23)22-18(20)21/h2-6,8-9H,7H2,1H3,(H4,20,21,22,23). The van der Waals surface area contributed by atoms with Crippen LogP contribution in [0.3, 0.4) is 0 Å². The van der Waals surface area contributed by atoms with Gasteiger partial charge in [-0.1, -0.05) is 18.2 Å². The average Bonchev–Trinajstić information content (AvgIpc) is 2.53. The van der Waals surface area contributed by atoms with Crippen LogP contribution in [0.5, 0.6) is 0 Å². The lowest BCUT2D eigenvalue weighted by molar-refractivity contribution is 0.100. The molecule has 1 aliphatic rings. The molecule has 0 fully saturated rings. The van der Waals surface area contributed by atoms with E-state index in [2.05, 4.69) is 4.99 Å². The van der Waals surface area contributed by atoms with Crippen molar-refractivity contribution in [3.8, 4) is 0 Å². The van der Waals surface area contributed by atoms with E-state index in [9.17, 15) is 9.18 Å². The number of carbonyl (C=O) groups excluding carboxylic acids is 1. The van der Waals surface area contributed by atoms with Crippen LogP contribution in [0.2, 0.25) is 0 Å². The molecule has 0 spiro atoms. The number of nitrogens with two attached hydrogens (primary N) is 2. The van der Waals surface area contributed by atoms with Crippen LogP contribution < -0.4 is 11.5 Å². The van der Waals surface area contributed by atoms with E-state index in [1.54, 1.807) is 30.0 Å². The highest BCUT2D eigenvalue weighted by Gasteiger charge is 2.19. The number of nitrogens with zero attached hydrogens (tertiary/aromatic N) is 1. The van der Waals surface area contributed by atoms with Crippen LogP contribution in [-0.4, -0.2) is 17.6 Å². The number of aliphatic imine (C=N–C) groups is 1. The molecule has 2 aromatic rings. The Labute approximate surface area is 143 Å². The van der Waals surface area contributed by atoms with Gasteiger partial charge in [0.1, 0.15) is 5.82 Å². The lowest BCUT2D eigenvalue weighted by Crippen LogP contribution is -2.24. The quantitative estimate of drug-likeness (QED) is 0.650. The number of hydrogen-bond donors (Lipinski definition) is 2. The maximum atomic E-state index is 14.4. The minimum atomic E-state index is -0.517. The second kappa shape index (κ2) is 6.49. The van der Waals surface area contributed by atoms with E-state index >= 15 is 0 Å². The molecule has 0 aliphatic carbocycles. The van der Waals surface area contributed by atoms with E-state index < -0.39 is 5.91 Å². The molecule has 0 atom stereocenters. The number of carbonyl (C=O) groups is 1. The molecule has 1 amide bonds. The van der Waals surface area contributed by atoms with Gasteiger partial charge in [-0.3, -0.25) is 4.79 Å². The molecule has 4 nitrogen and oxygen atoms in total. The topological polar surface area (TPSA) is 81.5 Å². The fraction of sp³-hybridized carbons (Fsp3) is 0.111. The number of hydrogen-bond acceptors (Lipinski definition) is 2. The first-order valence-electron chi connectivity index (χ1n) is 7.33. The molecule has 0 unspecified atom stereocenters. The van der Waals surface area contributed by atoms with Crippen LogP contribution >= 0.6 is 11.8 Å². The zero-order valence-corrected chi connectivity index (χ0v) is 13.9. The van der Waals surface area contributed by atoms with Gasteiger partial charge in [-0.25, -0.2) is 4.39 Å². The Morgan fingerprint density at radius 3 is 2.67 bits per heavy atom. The van der Waals surface area contributed by atoms with E-state index in [4.69, 9.17) is 11.5 Å². The summed E-state index contributed by atoms with van der Waals surface area (Å²) in [6.45, 7) is 1.85. The first-order chi connectivity index (χ1) is 11.5. The van der Waals surface area contributed by atoms with E-state index in [1.165, 1.54) is 6.07 Å². The lowest BCUT2D eigenvalue weighted by Gasteiger charge is -2.19. The molecule has 6 heteroatoms. The third-order valence-corrected chi connectivity index (χ3v) is 4.69. The molecule has 0 aromatic heterocycles. The molecule has 2 aromatic carbocycles. The summed E-state index contributed by atoms with van der Waals surface area (Å²) in [6.07, 6.45) is 1.97. The number of halogens is 1. The van der Waals surface area contributed by atoms with Crippen molar-refractivity contribution in [1.29, 1.82) is 0 Å². The van der Waals surface area contributed by atoms with Crippen LogP contribution in [0.4, 0.5) is 4.39 Å². The number of guanidine groups is 1. The van der Waals surface area contributed by atoms with Crippen molar-refractivity contribution in [2.24, 2.45) is 16.5 Å². The van der Waals surface area contributed by atoms with E-state index in [-0.39, 0.29) is 11.8 Å². The maximum Gasteiger partial charge on any atom is 0.280 e. The predicted octanol–water partition coefficient (Wildman–Crippen LogP) is 3.09. The van der Waals surface area contributed by atoms with Crippen LogP contribution in [-0.2, 0) is 0 Å². The van der Waals surface area contributed by atoms with Crippen molar-refractivity contribution in [3.05, 3.63) is 70.5 Å². The summed E-state index contributed by atoms with van der Waals surface area (Å²) in [4.78, 5) is 16.6. The highest BCUT2D eigenvalue weighted by molar-refractivity contribution is 7.99. The van der Waals surface area contributed by atoms with Gasteiger partial charge in [-0.15, -0.1) is 11.8 Å². The van der Waals surface area contributed by atoms with Gasteiger partial charge in [0.15, 0.2) is 5.96 Å². The van der Waals surface area contributed by atoms with Gasteiger partial charge in [-0.2, -0.15) is 4.99 Å². The third kappa shape index (κ3) is 3.19. The van der Waals surface area contributed by atoms with Crippen LogP contribution in [0, 0.1) is 12.7 Å². The molecule has 122 valence electrons. The highest BCUT2D eigenvalue weighted by atomic mass is 32.2. The summed E-state index contributed by atoms with van der Waals surface area (Å²) in [5.41, 5.74) is 13.9. The normalized spacial score (nSPS) is 13.0. The Morgan fingerprint density at radius 1 is 1.17 bits per heavy atom. The number of aryl methyl sites for hydroxylation is 1. The van der Waals surface area contributed by atoms with Gasteiger partial charge < -0.3 is 11.5 Å². The molecule has 1 aliphatic heterocycles. The van der Waals surface area contributed by atoms with Crippen LogP contribution in [0.25, 0.3) is 5.57 Å². The van der Waals surface area contributed by atoms with Crippen molar-refractivity contribution < 1.29 is 9.18 Å². The Balaban J connectivity index is 2.09. The molecule has 4 N–H and O–H groups in total. The van der Waals surface area contributed by atoms with Gasteiger partial charge in [0.25, 0.3) is 5.91 Å². The molecule has 1 heterocycles. The molecule has 0 radical (unpaired) electrons. The maximum absolute atomic E-state index is 14.4. The first-order valence-corrected chi connectivity index (χ1v) is 8.32. The molecular weight excluding hydrogens is 325 g/mol. The number of benzene rings is 2. The summed E-state index contributed by atoms with van der Waals surface area (Å²) < 4.78 is 14.4. The monoisotopic (exact) mass is 341 g/mol. The van der Waals surface area contributed by atoms with E-state index in [0.29, 0.717) is 11.1 Å². The summed E-state index contributed by atoms with van der Waals surface area (Å²) in [5.74, 6) is -0.332. The van der Waals surface area contributed by atoms with Crippen LogP contribution in [0.1, 0.15) is 27.0 Å². The zero-order chi connectivity index (χ0) is 17.3. The SMILES string of the molecule is Cc1ccc(C2=CCSc3ccc(C(=O)N=C(N)N)cc32)c(F)c1. The number of fused-ring (bicyclic) bond motifs is 1. The minimum absolute atomic E-state index is 0.278. The van der Waals surface area contributed by atoms with Crippen molar-refractivity contribution >= 4 is 29.2 Å². The fourth-order valence-electron chi connectivity index (χ4n) is 2.60. The summed E-state index contributed by atoms with van der Waals surface area (Å²) in [5, 5.41) is 0. The molecular formula is C18H16FN3OS. The second-order valence-corrected chi connectivity index (χ2v) is 6.53. The fourth-order valence-corrected chi connectivity index (χ4v) is 3.52. The Morgan fingerprint density at radius 2 is 1.96 bits per heavy atom. The zero-order valence-electron chi connectivity index (χ0n) is 13.0. The average molecular weight is 341 g/mol. The molecule has 3 rings (SSSR count). The van der Waals surface area contributed by atoms with Gasteiger partial charge in [0, 0.05) is 21.8 Å². The Bertz CT molecular complexity index is 886. The van der Waals surface area contributed by atoms with Crippen molar-refractivity contribution in [3.63, 3.8) is 0 Å². The largest absolute Gasteiger partial charge is 0.370 e. The third-order valence-electron chi connectivity index (χ3n) is 3.69. The summed E-state index contributed by atoms with van der Waals surface area (Å²) in [6, 6.07) is 10.4. The van der Waals surface area contributed by atoms with E-state index in [1.807, 2.05) is 25.1 Å². The number of thioether (sulfide) groups is 1. The second-order valence-electron chi connectivity index (χ2n) is 5.46. The van der Waals surface area contributed by atoms with Gasteiger partial charge in [0.05, 0.1) is 0 Å². The van der Waals surface area contributed by atoms with Crippen molar-refractivity contribution in [2.45, 2.75) is 11.8 Å². The van der Waals surface area contributed by atoms with Crippen molar-refractivity contribution in [2.75, 3.05) is 5.75 Å². The van der Waals surface area contributed by atoms with Gasteiger partial charge >= 0.3 is 0 Å². The van der Waals surface area contributed by atoms with Gasteiger partial charge in [-0.05, 0) is 47.9 Å². The summed E-state index contributed by atoms with van der Waals surface area (Å²) >= 11 is 1.64. The van der Waals surface area contributed by atoms with E-state index in [0.717, 1.165) is 27.3 Å². The smallest absolute Gasteiger partial charge is 0.280 e. The summed E-state index contributed by atoms with van der Waals surface area (Å²) in [7, 11) is 0. The molecule has 0 saturated carbocycles. The minimum Gasteiger partial charge on any atom is -0.370 e. The first kappa shape index (κ1) is 16.3. The Hall–Kier alpha value is -2.60. The van der Waals surface area contributed by atoms with Crippen LogP contribution in [0.15, 0.2) is 52.4 Å². The number of amides is 1.